The highest BCUT2D eigenvalue weighted by Crippen LogP contribution is 2.30. The van der Waals surface area contributed by atoms with E-state index in [-0.39, 0.29) is 18.7 Å². The van der Waals surface area contributed by atoms with Gasteiger partial charge in [0.15, 0.2) is 0 Å². The number of aliphatic carboxylic acids is 1. The molecular formula is C22H25F3N4O3. The second-order valence-corrected chi connectivity index (χ2v) is 7.80. The molecule has 1 unspecified atom stereocenters. The maximum absolute atomic E-state index is 12.8. The van der Waals surface area contributed by atoms with Gasteiger partial charge in [-0.25, -0.2) is 0 Å². The van der Waals surface area contributed by atoms with E-state index in [9.17, 15) is 27.9 Å². The van der Waals surface area contributed by atoms with E-state index in [0.717, 1.165) is 37.3 Å². The van der Waals surface area contributed by atoms with Crippen LogP contribution in [0.25, 0.3) is 0 Å². The summed E-state index contributed by atoms with van der Waals surface area (Å²) in [6.45, 7) is 3.82. The molecule has 0 spiro atoms. The molecule has 1 aromatic carbocycles. The number of alkyl halides is 3. The Morgan fingerprint density at radius 1 is 1.09 bits per heavy atom. The summed E-state index contributed by atoms with van der Waals surface area (Å²) in [5, 5.41) is 11.9. The number of carbonyl (C=O) groups excluding carboxylic acids is 1. The van der Waals surface area contributed by atoms with Crippen molar-refractivity contribution in [3.63, 3.8) is 0 Å². The molecule has 1 fully saturated rings. The Kier molecular flexibility index (Phi) is 7.81. The second-order valence-electron chi connectivity index (χ2n) is 7.80. The van der Waals surface area contributed by atoms with Crippen LogP contribution >= 0.6 is 0 Å². The van der Waals surface area contributed by atoms with E-state index in [1.165, 1.54) is 12.1 Å². The lowest BCUT2D eigenvalue weighted by Crippen LogP contribution is -2.48. The summed E-state index contributed by atoms with van der Waals surface area (Å²) in [6.07, 6.45) is -1.31. The molecule has 0 aliphatic carbocycles. The van der Waals surface area contributed by atoms with Gasteiger partial charge >= 0.3 is 12.1 Å². The number of benzene rings is 1. The number of pyridine rings is 1. The van der Waals surface area contributed by atoms with Gasteiger partial charge in [-0.05, 0) is 29.8 Å². The Balaban J connectivity index is 1.49. The monoisotopic (exact) mass is 450 g/mol. The lowest BCUT2D eigenvalue weighted by Gasteiger charge is -2.35. The Hall–Kier alpha value is -2.98. The molecule has 2 heterocycles. The van der Waals surface area contributed by atoms with E-state index in [1.807, 2.05) is 23.2 Å². The van der Waals surface area contributed by atoms with Crippen LogP contribution in [-0.2, 0) is 22.3 Å². The molecule has 32 heavy (non-hydrogen) atoms. The summed E-state index contributed by atoms with van der Waals surface area (Å²) in [5.41, 5.74) is 0.211. The SMILES string of the molecule is O=C(CC(CN1CCN(Cc2cccnc2)CC1)C(=O)O)Nc1cccc(C(F)(F)F)c1. The number of rotatable bonds is 8. The summed E-state index contributed by atoms with van der Waals surface area (Å²) < 4.78 is 38.5. The Morgan fingerprint density at radius 3 is 2.44 bits per heavy atom. The number of carboxylic acid groups (broad SMARTS) is 1. The van der Waals surface area contributed by atoms with E-state index in [2.05, 4.69) is 15.2 Å². The van der Waals surface area contributed by atoms with Crippen LogP contribution in [0.15, 0.2) is 48.8 Å². The molecule has 1 amide bonds. The van der Waals surface area contributed by atoms with Gasteiger partial charge < -0.3 is 10.4 Å². The van der Waals surface area contributed by atoms with Crippen molar-refractivity contribution in [1.82, 2.24) is 14.8 Å². The van der Waals surface area contributed by atoms with Crippen molar-refractivity contribution in [3.05, 3.63) is 59.9 Å². The number of aromatic nitrogens is 1. The molecule has 2 N–H and O–H groups in total. The third-order valence-electron chi connectivity index (χ3n) is 5.33. The number of carbonyl (C=O) groups is 2. The maximum atomic E-state index is 12.8. The highest BCUT2D eigenvalue weighted by Gasteiger charge is 2.31. The van der Waals surface area contributed by atoms with Crippen molar-refractivity contribution in [1.29, 1.82) is 0 Å². The fourth-order valence-electron chi connectivity index (χ4n) is 3.63. The molecule has 1 aromatic heterocycles. The van der Waals surface area contributed by atoms with E-state index >= 15 is 0 Å². The number of piperazine rings is 1. The quantitative estimate of drug-likeness (QED) is 0.643. The fourth-order valence-corrected chi connectivity index (χ4v) is 3.63. The first-order valence-electron chi connectivity index (χ1n) is 10.2. The molecule has 1 aliphatic rings. The normalized spacial score (nSPS) is 16.5. The van der Waals surface area contributed by atoms with Crippen LogP contribution in [0.4, 0.5) is 18.9 Å². The van der Waals surface area contributed by atoms with E-state index in [0.29, 0.717) is 13.1 Å². The molecule has 10 heteroatoms. The van der Waals surface area contributed by atoms with Crippen LogP contribution in [-0.4, -0.2) is 64.5 Å². The van der Waals surface area contributed by atoms with Crippen molar-refractivity contribution in [2.24, 2.45) is 5.92 Å². The van der Waals surface area contributed by atoms with Gasteiger partial charge in [0.1, 0.15) is 0 Å². The predicted octanol–water partition coefficient (Wildman–Crippen LogP) is 2.95. The molecule has 172 valence electrons. The standard InChI is InChI=1S/C22H25F3N4O3/c23-22(24,25)18-4-1-5-19(12-18)27-20(30)11-17(21(31)32)15-29-9-7-28(8-10-29)14-16-3-2-6-26-13-16/h1-6,12-13,17H,7-11,14-15H2,(H,27,30)(H,31,32). The number of anilines is 1. The average Bonchev–Trinajstić information content (AvgIpc) is 2.75. The Bertz CT molecular complexity index is 916. The van der Waals surface area contributed by atoms with Crippen LogP contribution < -0.4 is 5.32 Å². The number of hydrogen-bond acceptors (Lipinski definition) is 5. The number of nitrogens with zero attached hydrogens (tertiary/aromatic N) is 3. The van der Waals surface area contributed by atoms with Crippen LogP contribution in [0.5, 0.6) is 0 Å². The molecule has 0 radical (unpaired) electrons. The zero-order valence-electron chi connectivity index (χ0n) is 17.4. The first-order chi connectivity index (χ1) is 15.2. The van der Waals surface area contributed by atoms with Crippen molar-refractivity contribution in [3.8, 4) is 0 Å². The average molecular weight is 450 g/mol. The summed E-state index contributed by atoms with van der Waals surface area (Å²) >= 11 is 0. The topological polar surface area (TPSA) is 85.8 Å². The van der Waals surface area contributed by atoms with Gasteiger partial charge in [0.25, 0.3) is 0 Å². The van der Waals surface area contributed by atoms with Gasteiger partial charge in [0.05, 0.1) is 11.5 Å². The smallest absolute Gasteiger partial charge is 0.416 e. The van der Waals surface area contributed by atoms with Crippen molar-refractivity contribution < 1.29 is 27.9 Å². The van der Waals surface area contributed by atoms with Gasteiger partial charge in [0, 0.05) is 63.8 Å². The number of nitrogens with one attached hydrogen (secondary N) is 1. The highest BCUT2D eigenvalue weighted by atomic mass is 19.4. The first kappa shape index (κ1) is 23.7. The number of amides is 1. The zero-order chi connectivity index (χ0) is 23.1. The third kappa shape index (κ3) is 7.03. The molecule has 0 bridgehead atoms. The van der Waals surface area contributed by atoms with Gasteiger partial charge in [-0.2, -0.15) is 13.2 Å². The molecule has 1 aliphatic heterocycles. The van der Waals surface area contributed by atoms with Crippen LogP contribution in [0.2, 0.25) is 0 Å². The number of carboxylic acids is 1. The minimum absolute atomic E-state index is 0.0158. The molecule has 0 saturated carbocycles. The fraction of sp³-hybridized carbons (Fsp3) is 0.409. The summed E-state index contributed by atoms with van der Waals surface area (Å²) in [5.74, 6) is -2.69. The van der Waals surface area contributed by atoms with Crippen LogP contribution in [0.1, 0.15) is 17.5 Å². The van der Waals surface area contributed by atoms with Gasteiger partial charge in [-0.1, -0.05) is 12.1 Å². The minimum Gasteiger partial charge on any atom is -0.481 e. The molecule has 1 saturated heterocycles. The molecule has 3 rings (SSSR count). The van der Waals surface area contributed by atoms with Crippen molar-refractivity contribution in [2.45, 2.75) is 19.1 Å². The maximum Gasteiger partial charge on any atom is 0.416 e. The van der Waals surface area contributed by atoms with E-state index in [4.69, 9.17) is 0 Å². The van der Waals surface area contributed by atoms with Gasteiger partial charge in [-0.3, -0.25) is 24.4 Å². The molecule has 1 atom stereocenters. The lowest BCUT2D eigenvalue weighted by atomic mass is 10.0. The largest absolute Gasteiger partial charge is 0.481 e. The van der Waals surface area contributed by atoms with E-state index < -0.39 is 29.5 Å². The summed E-state index contributed by atoms with van der Waals surface area (Å²) in [6, 6.07) is 8.15. The number of halogens is 3. The molecule has 2 aromatic rings. The zero-order valence-corrected chi connectivity index (χ0v) is 17.4. The van der Waals surface area contributed by atoms with Crippen molar-refractivity contribution in [2.75, 3.05) is 38.0 Å². The number of hydrogen-bond donors (Lipinski definition) is 2. The molecule has 7 nitrogen and oxygen atoms in total. The second kappa shape index (κ2) is 10.6. The van der Waals surface area contributed by atoms with Crippen LogP contribution in [0, 0.1) is 5.92 Å². The minimum atomic E-state index is -4.52. The third-order valence-corrected chi connectivity index (χ3v) is 5.33. The molecular weight excluding hydrogens is 425 g/mol. The van der Waals surface area contributed by atoms with Gasteiger partial charge in [0.2, 0.25) is 5.91 Å². The summed E-state index contributed by atoms with van der Waals surface area (Å²) in [7, 11) is 0. The van der Waals surface area contributed by atoms with Gasteiger partial charge in [-0.15, -0.1) is 0 Å². The Morgan fingerprint density at radius 2 is 1.81 bits per heavy atom. The summed E-state index contributed by atoms with van der Waals surface area (Å²) in [4.78, 5) is 32.3. The van der Waals surface area contributed by atoms with Crippen molar-refractivity contribution >= 4 is 17.6 Å². The highest BCUT2D eigenvalue weighted by molar-refractivity contribution is 5.93. The Labute approximate surface area is 183 Å². The van der Waals surface area contributed by atoms with Crippen LogP contribution in [0.3, 0.4) is 0 Å². The van der Waals surface area contributed by atoms with E-state index in [1.54, 1.807) is 6.20 Å². The predicted molar refractivity (Wildman–Crippen MR) is 112 cm³/mol. The first-order valence-corrected chi connectivity index (χ1v) is 10.2. The lowest BCUT2D eigenvalue weighted by molar-refractivity contribution is -0.144.